The van der Waals surface area contributed by atoms with Gasteiger partial charge in [-0.2, -0.15) is 0 Å². The largest absolute Gasteiger partial charge is 0.478 e. The van der Waals surface area contributed by atoms with Crippen molar-refractivity contribution in [2.24, 2.45) is 0 Å². The lowest BCUT2D eigenvalue weighted by atomic mass is 9.85. The third kappa shape index (κ3) is 1.67. The van der Waals surface area contributed by atoms with Gasteiger partial charge in [-0.3, -0.25) is 0 Å². The molecule has 0 spiro atoms. The molecule has 15 heavy (non-hydrogen) atoms. The quantitative estimate of drug-likeness (QED) is 0.800. The molecule has 0 unspecified atom stereocenters. The Morgan fingerprint density at radius 2 is 1.93 bits per heavy atom. The van der Waals surface area contributed by atoms with Gasteiger partial charge in [-0.25, -0.2) is 4.79 Å². The van der Waals surface area contributed by atoms with Crippen LogP contribution in [-0.4, -0.2) is 11.1 Å². The number of hydrogen-bond donors (Lipinski definition) is 1. The predicted octanol–water partition coefficient (Wildman–Crippen LogP) is 2.91. The molecule has 1 aromatic rings. The maximum Gasteiger partial charge on any atom is 0.335 e. The molecule has 0 bridgehead atoms. The molecule has 2 heteroatoms. The van der Waals surface area contributed by atoms with Crippen LogP contribution in [0.2, 0.25) is 0 Å². The molecule has 1 aromatic carbocycles. The smallest absolute Gasteiger partial charge is 0.335 e. The first-order valence-corrected chi connectivity index (χ1v) is 5.24. The lowest BCUT2D eigenvalue weighted by molar-refractivity contribution is 0.0695. The van der Waals surface area contributed by atoms with Gasteiger partial charge in [0.05, 0.1) is 5.56 Å². The van der Waals surface area contributed by atoms with E-state index in [1.165, 1.54) is 5.56 Å². The van der Waals surface area contributed by atoms with Crippen LogP contribution >= 0.6 is 0 Å². The Morgan fingerprint density at radius 3 is 2.53 bits per heavy atom. The van der Waals surface area contributed by atoms with Crippen LogP contribution in [0.15, 0.2) is 18.7 Å². The first-order chi connectivity index (χ1) is 7.24. The molecule has 0 aromatic heterocycles. The van der Waals surface area contributed by atoms with E-state index in [0.717, 1.165) is 36.8 Å². The fourth-order valence-corrected chi connectivity index (χ4v) is 2.29. The average Bonchev–Trinajstić information content (AvgIpc) is 2.27. The fourth-order valence-electron chi connectivity index (χ4n) is 2.29. The van der Waals surface area contributed by atoms with Crippen LogP contribution < -0.4 is 0 Å². The van der Waals surface area contributed by atoms with E-state index in [9.17, 15) is 4.79 Å². The van der Waals surface area contributed by atoms with E-state index >= 15 is 0 Å². The van der Waals surface area contributed by atoms with Crippen LogP contribution in [0.25, 0.3) is 6.08 Å². The first kappa shape index (κ1) is 9.97. The van der Waals surface area contributed by atoms with Crippen molar-refractivity contribution >= 4 is 12.0 Å². The molecule has 0 radical (unpaired) electrons. The summed E-state index contributed by atoms with van der Waals surface area (Å²) in [5.41, 5.74) is 3.77. The van der Waals surface area contributed by atoms with Gasteiger partial charge in [-0.05, 0) is 48.4 Å². The lowest BCUT2D eigenvalue weighted by Gasteiger charge is -2.20. The summed E-state index contributed by atoms with van der Waals surface area (Å²) in [4.78, 5) is 11.0. The van der Waals surface area contributed by atoms with Crippen LogP contribution in [0.5, 0.6) is 0 Å². The zero-order chi connectivity index (χ0) is 10.8. The molecule has 2 rings (SSSR count). The Morgan fingerprint density at radius 1 is 1.27 bits per heavy atom. The van der Waals surface area contributed by atoms with Crippen molar-refractivity contribution in [1.29, 1.82) is 0 Å². The lowest BCUT2D eigenvalue weighted by Crippen LogP contribution is -2.11. The Hall–Kier alpha value is -1.57. The van der Waals surface area contributed by atoms with Crippen molar-refractivity contribution in [2.45, 2.75) is 25.7 Å². The van der Waals surface area contributed by atoms with Gasteiger partial charge < -0.3 is 5.11 Å². The Kier molecular flexibility index (Phi) is 2.58. The first-order valence-electron chi connectivity index (χ1n) is 5.24. The van der Waals surface area contributed by atoms with Crippen molar-refractivity contribution < 1.29 is 9.90 Å². The van der Waals surface area contributed by atoms with E-state index in [-0.39, 0.29) is 0 Å². The SMILES string of the molecule is C=Cc1ccc(C(=O)O)c2c1CCCC2. The monoisotopic (exact) mass is 202 g/mol. The molecule has 0 fully saturated rings. The third-order valence-corrected chi connectivity index (χ3v) is 3.02. The van der Waals surface area contributed by atoms with Crippen molar-refractivity contribution in [3.05, 3.63) is 41.0 Å². The maximum atomic E-state index is 11.0. The highest BCUT2D eigenvalue weighted by Crippen LogP contribution is 2.28. The van der Waals surface area contributed by atoms with E-state index in [1.807, 2.05) is 12.1 Å². The standard InChI is InChI=1S/C13H14O2/c1-2-9-7-8-12(13(14)15)11-6-4-3-5-10(9)11/h2,7-8H,1,3-6H2,(H,14,15). The topological polar surface area (TPSA) is 37.3 Å². The molecule has 0 amide bonds. The molecule has 78 valence electrons. The number of rotatable bonds is 2. The van der Waals surface area contributed by atoms with E-state index in [1.54, 1.807) is 6.07 Å². The Labute approximate surface area is 89.2 Å². The molecular weight excluding hydrogens is 188 g/mol. The second-order valence-corrected chi connectivity index (χ2v) is 3.88. The van der Waals surface area contributed by atoms with Crippen molar-refractivity contribution in [3.8, 4) is 0 Å². The molecule has 1 aliphatic rings. The Bertz CT molecular complexity index is 419. The minimum absolute atomic E-state index is 0.468. The van der Waals surface area contributed by atoms with Gasteiger partial charge in [-0.15, -0.1) is 0 Å². The molecule has 0 aliphatic heterocycles. The van der Waals surface area contributed by atoms with Gasteiger partial charge in [-0.1, -0.05) is 18.7 Å². The van der Waals surface area contributed by atoms with Gasteiger partial charge >= 0.3 is 5.97 Å². The van der Waals surface area contributed by atoms with Crippen LogP contribution in [0.1, 0.15) is 39.9 Å². The summed E-state index contributed by atoms with van der Waals surface area (Å²) in [5, 5.41) is 9.08. The molecule has 0 saturated heterocycles. The minimum Gasteiger partial charge on any atom is -0.478 e. The number of aromatic carboxylic acids is 1. The Balaban J connectivity index is 2.62. The van der Waals surface area contributed by atoms with Crippen molar-refractivity contribution in [3.63, 3.8) is 0 Å². The van der Waals surface area contributed by atoms with E-state index in [0.29, 0.717) is 5.56 Å². The second kappa shape index (κ2) is 3.89. The summed E-state index contributed by atoms with van der Waals surface area (Å²) in [6.07, 6.45) is 5.93. The summed E-state index contributed by atoms with van der Waals surface area (Å²) < 4.78 is 0. The van der Waals surface area contributed by atoms with Crippen molar-refractivity contribution in [2.75, 3.05) is 0 Å². The average molecular weight is 202 g/mol. The van der Waals surface area contributed by atoms with E-state index < -0.39 is 5.97 Å². The zero-order valence-corrected chi connectivity index (χ0v) is 8.62. The maximum absolute atomic E-state index is 11.0. The summed E-state index contributed by atoms with van der Waals surface area (Å²) in [5.74, 6) is -0.816. The molecule has 1 aliphatic carbocycles. The van der Waals surface area contributed by atoms with Crippen molar-refractivity contribution in [1.82, 2.24) is 0 Å². The summed E-state index contributed by atoms with van der Waals surface area (Å²) >= 11 is 0. The van der Waals surface area contributed by atoms with Gasteiger partial charge in [0, 0.05) is 0 Å². The summed E-state index contributed by atoms with van der Waals surface area (Å²) in [6.45, 7) is 3.77. The van der Waals surface area contributed by atoms with Crippen LogP contribution in [0.4, 0.5) is 0 Å². The molecule has 1 N–H and O–H groups in total. The molecule has 0 saturated carbocycles. The highest BCUT2D eigenvalue weighted by atomic mass is 16.4. The highest BCUT2D eigenvalue weighted by Gasteiger charge is 2.18. The number of carboxylic acids is 1. The minimum atomic E-state index is -0.816. The summed E-state index contributed by atoms with van der Waals surface area (Å²) in [6, 6.07) is 3.56. The van der Waals surface area contributed by atoms with Gasteiger partial charge in [0.15, 0.2) is 0 Å². The number of benzene rings is 1. The third-order valence-electron chi connectivity index (χ3n) is 3.02. The zero-order valence-electron chi connectivity index (χ0n) is 8.62. The predicted molar refractivity (Wildman–Crippen MR) is 60.1 cm³/mol. The molecule has 0 heterocycles. The fraction of sp³-hybridized carbons (Fsp3) is 0.308. The van der Waals surface area contributed by atoms with Gasteiger partial charge in [0.1, 0.15) is 0 Å². The molecule has 0 atom stereocenters. The highest BCUT2D eigenvalue weighted by molar-refractivity contribution is 5.90. The number of hydrogen-bond acceptors (Lipinski definition) is 1. The second-order valence-electron chi connectivity index (χ2n) is 3.88. The normalized spacial score (nSPS) is 14.4. The number of fused-ring (bicyclic) bond motifs is 1. The number of carbonyl (C=O) groups is 1. The van der Waals surface area contributed by atoms with Crippen LogP contribution in [0.3, 0.4) is 0 Å². The van der Waals surface area contributed by atoms with Gasteiger partial charge in [0.2, 0.25) is 0 Å². The molecular formula is C13H14O2. The van der Waals surface area contributed by atoms with Crippen LogP contribution in [0, 0.1) is 0 Å². The van der Waals surface area contributed by atoms with E-state index in [2.05, 4.69) is 6.58 Å². The van der Waals surface area contributed by atoms with Crippen LogP contribution in [-0.2, 0) is 12.8 Å². The van der Waals surface area contributed by atoms with Gasteiger partial charge in [0.25, 0.3) is 0 Å². The van der Waals surface area contributed by atoms with E-state index in [4.69, 9.17) is 5.11 Å². The number of carboxylic acid groups (broad SMARTS) is 1. The summed E-state index contributed by atoms with van der Waals surface area (Å²) in [7, 11) is 0. The molecule has 2 nitrogen and oxygen atoms in total.